The van der Waals surface area contributed by atoms with Crippen molar-refractivity contribution in [3.05, 3.63) is 35.9 Å². The number of nitrogens with two attached hydrogens (primary N) is 1. The third-order valence-corrected chi connectivity index (χ3v) is 3.35. The molecule has 0 fully saturated rings. The molecule has 1 aromatic rings. The minimum Gasteiger partial charge on any atom is -0.324 e. The molecule has 0 aliphatic carbocycles. The van der Waals surface area contributed by atoms with Crippen LogP contribution in [0.15, 0.2) is 35.3 Å². The minimum absolute atomic E-state index is 0.166. The fraction of sp³-hybridized carbons (Fsp3) is 0.588. The average Bonchev–Trinajstić information content (AvgIpc) is 2.46. The summed E-state index contributed by atoms with van der Waals surface area (Å²) in [6.07, 6.45) is 10.4. The Morgan fingerprint density at radius 3 is 2.63 bits per heavy atom. The Bertz CT molecular complexity index is 332. The van der Waals surface area contributed by atoms with Crippen molar-refractivity contribution in [2.24, 2.45) is 10.7 Å². The normalized spacial score (nSPS) is 12.9. The maximum Gasteiger partial charge on any atom is 0.0385 e. The van der Waals surface area contributed by atoms with Gasteiger partial charge in [-0.15, -0.1) is 0 Å². The van der Waals surface area contributed by atoms with Crippen LogP contribution >= 0.6 is 0 Å². The lowest BCUT2D eigenvalue weighted by molar-refractivity contribution is 0.624. The molecular formula is C17H28N2. The maximum absolute atomic E-state index is 6.15. The van der Waals surface area contributed by atoms with Crippen molar-refractivity contribution in [1.29, 1.82) is 0 Å². The number of hydrogen-bond donors (Lipinski definition) is 1. The van der Waals surface area contributed by atoms with Crippen LogP contribution in [0.25, 0.3) is 0 Å². The van der Waals surface area contributed by atoms with Crippen LogP contribution < -0.4 is 5.73 Å². The van der Waals surface area contributed by atoms with Gasteiger partial charge in [0.1, 0.15) is 0 Å². The third kappa shape index (κ3) is 7.78. The Morgan fingerprint density at radius 1 is 1.11 bits per heavy atom. The standard InChI is InChI=1S/C17H28N2/c1-2-3-4-9-14-19-15-10-8-13-17(18)16-11-6-5-7-12-16/h5-7,11-12,15,17H,2-4,8-10,13-14,18H2,1H3. The van der Waals surface area contributed by atoms with E-state index in [1.165, 1.54) is 31.2 Å². The van der Waals surface area contributed by atoms with Crippen molar-refractivity contribution in [2.45, 2.75) is 57.9 Å². The molecule has 2 nitrogen and oxygen atoms in total. The lowest BCUT2D eigenvalue weighted by Crippen LogP contribution is -2.09. The first-order valence-electron chi connectivity index (χ1n) is 7.63. The summed E-state index contributed by atoms with van der Waals surface area (Å²) < 4.78 is 0. The van der Waals surface area contributed by atoms with Crippen LogP contribution in [0.3, 0.4) is 0 Å². The Balaban J connectivity index is 2.03. The molecule has 1 atom stereocenters. The van der Waals surface area contributed by atoms with Gasteiger partial charge >= 0.3 is 0 Å². The molecule has 0 radical (unpaired) electrons. The summed E-state index contributed by atoms with van der Waals surface area (Å²) in [7, 11) is 0. The van der Waals surface area contributed by atoms with Crippen molar-refractivity contribution < 1.29 is 0 Å². The molecule has 0 amide bonds. The number of aliphatic imine (C=N–C) groups is 1. The summed E-state index contributed by atoms with van der Waals surface area (Å²) in [6, 6.07) is 10.5. The zero-order valence-electron chi connectivity index (χ0n) is 12.2. The van der Waals surface area contributed by atoms with Gasteiger partial charge in [-0.1, -0.05) is 56.5 Å². The molecule has 0 aromatic heterocycles. The fourth-order valence-corrected chi connectivity index (χ4v) is 2.11. The lowest BCUT2D eigenvalue weighted by Gasteiger charge is -2.10. The van der Waals surface area contributed by atoms with Crippen molar-refractivity contribution in [1.82, 2.24) is 0 Å². The largest absolute Gasteiger partial charge is 0.324 e. The van der Waals surface area contributed by atoms with Gasteiger partial charge in [0.05, 0.1) is 0 Å². The summed E-state index contributed by atoms with van der Waals surface area (Å²) in [6.45, 7) is 3.23. The second-order valence-electron chi connectivity index (χ2n) is 5.10. The number of unbranched alkanes of at least 4 members (excludes halogenated alkanes) is 4. The SMILES string of the molecule is CCCCCCN=CCCCC(N)c1ccccc1. The zero-order valence-corrected chi connectivity index (χ0v) is 12.2. The van der Waals surface area contributed by atoms with Crippen molar-refractivity contribution >= 4 is 6.21 Å². The van der Waals surface area contributed by atoms with Crippen molar-refractivity contribution in [2.75, 3.05) is 6.54 Å². The summed E-state index contributed by atoms with van der Waals surface area (Å²) in [4.78, 5) is 4.45. The smallest absolute Gasteiger partial charge is 0.0385 e. The third-order valence-electron chi connectivity index (χ3n) is 3.35. The van der Waals surface area contributed by atoms with Gasteiger partial charge in [0.2, 0.25) is 0 Å². The van der Waals surface area contributed by atoms with Gasteiger partial charge in [-0.2, -0.15) is 0 Å². The number of benzene rings is 1. The van der Waals surface area contributed by atoms with Gasteiger partial charge < -0.3 is 5.73 Å². The predicted molar refractivity (Wildman–Crippen MR) is 84.7 cm³/mol. The summed E-state index contributed by atoms with van der Waals surface area (Å²) >= 11 is 0. The van der Waals surface area contributed by atoms with Gasteiger partial charge in [-0.05, 0) is 37.5 Å². The Hall–Kier alpha value is -1.15. The van der Waals surface area contributed by atoms with Crippen LogP contribution in [0.5, 0.6) is 0 Å². The second-order valence-corrected chi connectivity index (χ2v) is 5.10. The molecule has 0 bridgehead atoms. The highest BCUT2D eigenvalue weighted by Crippen LogP contribution is 2.15. The van der Waals surface area contributed by atoms with Crippen LogP contribution in [-0.4, -0.2) is 12.8 Å². The van der Waals surface area contributed by atoms with Crippen LogP contribution in [0.1, 0.15) is 63.5 Å². The summed E-state index contributed by atoms with van der Waals surface area (Å²) in [5.74, 6) is 0. The maximum atomic E-state index is 6.15. The molecule has 106 valence electrons. The number of hydrogen-bond acceptors (Lipinski definition) is 2. The van der Waals surface area contributed by atoms with E-state index in [4.69, 9.17) is 5.73 Å². The van der Waals surface area contributed by atoms with E-state index >= 15 is 0 Å². The summed E-state index contributed by atoms with van der Waals surface area (Å²) in [5.41, 5.74) is 7.38. The number of nitrogens with zero attached hydrogens (tertiary/aromatic N) is 1. The minimum atomic E-state index is 0.166. The van der Waals surface area contributed by atoms with E-state index in [0.717, 1.165) is 25.8 Å². The second kappa shape index (κ2) is 10.7. The molecule has 1 aromatic carbocycles. The fourth-order valence-electron chi connectivity index (χ4n) is 2.11. The molecule has 2 N–H and O–H groups in total. The first-order valence-corrected chi connectivity index (χ1v) is 7.63. The molecule has 0 aliphatic heterocycles. The predicted octanol–water partition coefficient (Wildman–Crippen LogP) is 4.51. The van der Waals surface area contributed by atoms with Gasteiger partial charge in [0, 0.05) is 12.6 Å². The topological polar surface area (TPSA) is 38.4 Å². The molecule has 0 aliphatic rings. The highest BCUT2D eigenvalue weighted by Gasteiger charge is 2.03. The summed E-state index contributed by atoms with van der Waals surface area (Å²) in [5, 5.41) is 0. The molecule has 0 saturated heterocycles. The molecular weight excluding hydrogens is 232 g/mol. The number of rotatable bonds is 10. The highest BCUT2D eigenvalue weighted by molar-refractivity contribution is 5.56. The lowest BCUT2D eigenvalue weighted by atomic mass is 10.0. The van der Waals surface area contributed by atoms with Crippen LogP contribution in [0.4, 0.5) is 0 Å². The zero-order chi connectivity index (χ0) is 13.8. The monoisotopic (exact) mass is 260 g/mol. The van der Waals surface area contributed by atoms with E-state index in [0.29, 0.717) is 0 Å². The van der Waals surface area contributed by atoms with E-state index < -0.39 is 0 Å². The molecule has 19 heavy (non-hydrogen) atoms. The van der Waals surface area contributed by atoms with E-state index in [9.17, 15) is 0 Å². The van der Waals surface area contributed by atoms with E-state index in [-0.39, 0.29) is 6.04 Å². The van der Waals surface area contributed by atoms with Gasteiger partial charge in [-0.25, -0.2) is 0 Å². The highest BCUT2D eigenvalue weighted by atomic mass is 14.7. The van der Waals surface area contributed by atoms with Gasteiger partial charge in [0.25, 0.3) is 0 Å². The average molecular weight is 260 g/mol. The molecule has 1 unspecified atom stereocenters. The molecule has 0 saturated carbocycles. The first-order chi connectivity index (χ1) is 9.34. The van der Waals surface area contributed by atoms with Crippen LogP contribution in [0.2, 0.25) is 0 Å². The van der Waals surface area contributed by atoms with E-state index in [2.05, 4.69) is 30.3 Å². The molecule has 2 heteroatoms. The van der Waals surface area contributed by atoms with E-state index in [1.54, 1.807) is 0 Å². The van der Waals surface area contributed by atoms with Crippen molar-refractivity contribution in [3.63, 3.8) is 0 Å². The van der Waals surface area contributed by atoms with Crippen molar-refractivity contribution in [3.8, 4) is 0 Å². The molecule has 0 spiro atoms. The van der Waals surface area contributed by atoms with E-state index in [1.807, 2.05) is 18.2 Å². The molecule has 0 heterocycles. The quantitative estimate of drug-likeness (QED) is 0.488. The molecule has 1 rings (SSSR count). The van der Waals surface area contributed by atoms with Crippen LogP contribution in [-0.2, 0) is 0 Å². The van der Waals surface area contributed by atoms with Gasteiger partial charge in [-0.3, -0.25) is 4.99 Å². The Labute approximate surface area is 118 Å². The Kier molecular flexibility index (Phi) is 8.99. The first kappa shape index (κ1) is 15.9. The van der Waals surface area contributed by atoms with Gasteiger partial charge in [0.15, 0.2) is 0 Å². The van der Waals surface area contributed by atoms with Crippen LogP contribution in [0, 0.1) is 0 Å². The Morgan fingerprint density at radius 2 is 1.89 bits per heavy atom.